The van der Waals surface area contributed by atoms with Crippen molar-refractivity contribution >= 4 is 57.6 Å². The Balaban J connectivity index is 1.56. The van der Waals surface area contributed by atoms with E-state index in [2.05, 4.69) is 10.5 Å². The summed E-state index contributed by atoms with van der Waals surface area (Å²) >= 11 is 11.9. The highest BCUT2D eigenvalue weighted by molar-refractivity contribution is 6.65. The second kappa shape index (κ2) is 7.06. The number of nitrogens with zero attached hydrogens (tertiary/aromatic N) is 3. The van der Waals surface area contributed by atoms with Crippen LogP contribution in [0.4, 0.5) is 11.4 Å². The molecule has 1 saturated heterocycles. The third-order valence-electron chi connectivity index (χ3n) is 4.22. The minimum Gasteiger partial charge on any atom is -0.267 e. The number of hydrazone groups is 1. The van der Waals surface area contributed by atoms with E-state index in [1.807, 2.05) is 29.3 Å². The van der Waals surface area contributed by atoms with Crippen molar-refractivity contribution in [3.8, 4) is 0 Å². The van der Waals surface area contributed by atoms with Gasteiger partial charge in [-0.3, -0.25) is 20.0 Å². The quantitative estimate of drug-likeness (QED) is 0.632. The van der Waals surface area contributed by atoms with Crippen LogP contribution in [-0.4, -0.2) is 23.5 Å². The highest BCUT2D eigenvalue weighted by Crippen LogP contribution is 2.25. The Morgan fingerprint density at radius 3 is 2.48 bits per heavy atom. The molecule has 0 aliphatic carbocycles. The van der Waals surface area contributed by atoms with Crippen molar-refractivity contribution in [1.29, 1.82) is 0 Å². The summed E-state index contributed by atoms with van der Waals surface area (Å²) in [6, 6.07) is 14.1. The number of hydrazine groups is 1. The smallest absolute Gasteiger partial charge is 0.267 e. The molecule has 2 aromatic carbocycles. The number of nitrogens with one attached hydrogen (secondary N) is 1. The molecular formula is C19H14Cl2N4O2. The first kappa shape index (κ1) is 17.6. The lowest BCUT2D eigenvalue weighted by atomic mass is 10.1. The van der Waals surface area contributed by atoms with Crippen molar-refractivity contribution in [3.05, 3.63) is 64.7 Å². The van der Waals surface area contributed by atoms with Gasteiger partial charge in [-0.2, -0.15) is 5.10 Å². The fraction of sp³-hybridized carbons (Fsp3) is 0.105. The van der Waals surface area contributed by atoms with Crippen molar-refractivity contribution < 1.29 is 9.59 Å². The summed E-state index contributed by atoms with van der Waals surface area (Å²) in [6.45, 7) is 0.731. The largest absolute Gasteiger partial charge is 0.282 e. The van der Waals surface area contributed by atoms with Gasteiger partial charge in [0, 0.05) is 18.0 Å². The van der Waals surface area contributed by atoms with E-state index >= 15 is 0 Å². The Morgan fingerprint density at radius 2 is 1.81 bits per heavy atom. The fourth-order valence-corrected chi connectivity index (χ4v) is 3.24. The summed E-state index contributed by atoms with van der Waals surface area (Å²) in [4.78, 5) is 24.9. The predicted molar refractivity (Wildman–Crippen MR) is 107 cm³/mol. The highest BCUT2D eigenvalue weighted by atomic mass is 35.5. The first-order valence-electron chi connectivity index (χ1n) is 8.24. The molecular weight excluding hydrogens is 387 g/mol. The molecule has 6 nitrogen and oxygen atoms in total. The Bertz CT molecular complexity index is 985. The van der Waals surface area contributed by atoms with Crippen molar-refractivity contribution in [2.75, 3.05) is 16.6 Å². The number of carbonyl (C=O) groups is 2. The van der Waals surface area contributed by atoms with Crippen LogP contribution in [0.25, 0.3) is 6.08 Å². The molecule has 0 aromatic heterocycles. The standard InChI is InChI=1S/C19H14Cl2N4O2/c20-13-2-1-3-15(11-13)25-19(27)16(18(26)23-25)10-12-4-6-14(7-5-12)24-9-8-17(21)22-24/h1-7,10-11H,8-9H2,(H,23,26)/b16-10+. The minimum absolute atomic E-state index is 0.0602. The van der Waals surface area contributed by atoms with E-state index in [4.69, 9.17) is 23.2 Å². The van der Waals surface area contributed by atoms with Crippen LogP contribution in [0, 0.1) is 0 Å². The molecule has 0 saturated carbocycles. The first-order chi connectivity index (χ1) is 13.0. The van der Waals surface area contributed by atoms with Gasteiger partial charge < -0.3 is 0 Å². The maximum Gasteiger partial charge on any atom is 0.282 e. The zero-order chi connectivity index (χ0) is 19.0. The number of amides is 2. The van der Waals surface area contributed by atoms with Crippen LogP contribution in [-0.2, 0) is 9.59 Å². The molecule has 2 aliphatic rings. The third-order valence-corrected chi connectivity index (χ3v) is 4.72. The van der Waals surface area contributed by atoms with Crippen LogP contribution in [0.15, 0.2) is 59.2 Å². The number of benzene rings is 2. The molecule has 2 heterocycles. The summed E-state index contributed by atoms with van der Waals surface area (Å²) < 4.78 is 0. The van der Waals surface area contributed by atoms with Crippen molar-refractivity contribution in [2.24, 2.45) is 5.10 Å². The van der Waals surface area contributed by atoms with Crippen molar-refractivity contribution in [3.63, 3.8) is 0 Å². The average Bonchev–Trinajstić information content (AvgIpc) is 3.21. The number of halogens is 2. The van der Waals surface area contributed by atoms with E-state index < -0.39 is 11.8 Å². The molecule has 0 bridgehead atoms. The molecule has 0 unspecified atom stereocenters. The van der Waals surface area contributed by atoms with Gasteiger partial charge in [0.1, 0.15) is 10.7 Å². The van der Waals surface area contributed by atoms with E-state index in [1.165, 1.54) is 5.01 Å². The van der Waals surface area contributed by atoms with E-state index in [0.29, 0.717) is 15.9 Å². The normalized spacial score (nSPS) is 18.3. The molecule has 2 aliphatic heterocycles. The Kier molecular flexibility index (Phi) is 4.59. The lowest BCUT2D eigenvalue weighted by Gasteiger charge is -2.14. The Hall–Kier alpha value is -2.83. The molecule has 0 radical (unpaired) electrons. The maximum absolute atomic E-state index is 12.6. The van der Waals surface area contributed by atoms with Gasteiger partial charge in [-0.1, -0.05) is 41.4 Å². The van der Waals surface area contributed by atoms with Crippen LogP contribution >= 0.6 is 23.2 Å². The van der Waals surface area contributed by atoms with Crippen LogP contribution in [0.3, 0.4) is 0 Å². The molecule has 0 atom stereocenters. The maximum atomic E-state index is 12.6. The van der Waals surface area contributed by atoms with Gasteiger partial charge in [0.15, 0.2) is 0 Å². The van der Waals surface area contributed by atoms with Crippen LogP contribution in [0.1, 0.15) is 12.0 Å². The zero-order valence-electron chi connectivity index (χ0n) is 14.0. The van der Waals surface area contributed by atoms with Gasteiger partial charge in [0.05, 0.1) is 11.4 Å². The number of anilines is 2. The van der Waals surface area contributed by atoms with Crippen LogP contribution < -0.4 is 15.4 Å². The SMILES string of the molecule is O=C1NN(c2cccc(Cl)c2)C(=O)/C1=C/c1ccc(N2CCC(Cl)=N2)cc1. The minimum atomic E-state index is -0.458. The number of rotatable bonds is 3. The summed E-state index contributed by atoms with van der Waals surface area (Å²) in [5, 5.41) is 8.29. The molecule has 4 rings (SSSR count). The lowest BCUT2D eigenvalue weighted by molar-refractivity contribution is -0.117. The molecule has 8 heteroatoms. The number of carbonyl (C=O) groups excluding carboxylic acids is 2. The van der Waals surface area contributed by atoms with Gasteiger partial charge in [-0.05, 0) is 42.0 Å². The van der Waals surface area contributed by atoms with E-state index in [0.717, 1.165) is 24.2 Å². The summed E-state index contributed by atoms with van der Waals surface area (Å²) in [5.41, 5.74) is 4.75. The summed E-state index contributed by atoms with van der Waals surface area (Å²) in [6.07, 6.45) is 2.29. The molecule has 2 amide bonds. The van der Waals surface area contributed by atoms with Crippen LogP contribution in [0.5, 0.6) is 0 Å². The highest BCUT2D eigenvalue weighted by Gasteiger charge is 2.34. The fourth-order valence-electron chi connectivity index (χ4n) is 2.88. The molecule has 27 heavy (non-hydrogen) atoms. The molecule has 0 spiro atoms. The van der Waals surface area contributed by atoms with Gasteiger partial charge in [-0.25, -0.2) is 5.01 Å². The second-order valence-electron chi connectivity index (χ2n) is 6.06. The van der Waals surface area contributed by atoms with Crippen molar-refractivity contribution in [2.45, 2.75) is 6.42 Å². The van der Waals surface area contributed by atoms with Gasteiger partial charge in [0.2, 0.25) is 0 Å². The van der Waals surface area contributed by atoms with E-state index in [1.54, 1.807) is 30.3 Å². The lowest BCUT2D eigenvalue weighted by Crippen LogP contribution is -2.35. The summed E-state index contributed by atoms with van der Waals surface area (Å²) in [5.74, 6) is -0.887. The van der Waals surface area contributed by atoms with Gasteiger partial charge in [-0.15, -0.1) is 0 Å². The average molecular weight is 401 g/mol. The molecule has 1 fully saturated rings. The van der Waals surface area contributed by atoms with Gasteiger partial charge in [0.25, 0.3) is 11.8 Å². The predicted octanol–water partition coefficient (Wildman–Crippen LogP) is 3.56. The Morgan fingerprint density at radius 1 is 1.04 bits per heavy atom. The Labute approximate surface area is 165 Å². The second-order valence-corrected chi connectivity index (χ2v) is 6.93. The third kappa shape index (κ3) is 3.54. The molecule has 136 valence electrons. The first-order valence-corrected chi connectivity index (χ1v) is 9.00. The molecule has 2 aromatic rings. The monoisotopic (exact) mass is 400 g/mol. The molecule has 1 N–H and O–H groups in total. The van der Waals surface area contributed by atoms with Gasteiger partial charge >= 0.3 is 0 Å². The zero-order valence-corrected chi connectivity index (χ0v) is 15.5. The van der Waals surface area contributed by atoms with Crippen molar-refractivity contribution in [1.82, 2.24) is 5.43 Å². The summed E-state index contributed by atoms with van der Waals surface area (Å²) in [7, 11) is 0. The topological polar surface area (TPSA) is 65.0 Å². The van der Waals surface area contributed by atoms with E-state index in [9.17, 15) is 9.59 Å². The number of hydrogen-bond acceptors (Lipinski definition) is 4. The number of hydrogen-bond donors (Lipinski definition) is 1. The van der Waals surface area contributed by atoms with Crippen LogP contribution in [0.2, 0.25) is 5.02 Å². The van der Waals surface area contributed by atoms with E-state index in [-0.39, 0.29) is 5.57 Å².